The monoisotopic (exact) mass is 204 g/mol. The smallest absolute Gasteiger partial charge is 0.192 e. The molecule has 0 saturated heterocycles. The van der Waals surface area contributed by atoms with E-state index < -0.39 is 0 Å². The molecular weight excluding hydrogens is 188 g/mol. The lowest BCUT2D eigenvalue weighted by Gasteiger charge is -2.07. The molecule has 1 aromatic carbocycles. The average Bonchev–Trinajstić information content (AvgIpc) is 2.53. The van der Waals surface area contributed by atoms with Crippen molar-refractivity contribution in [1.82, 2.24) is 4.98 Å². The van der Waals surface area contributed by atoms with Gasteiger partial charge in [0.25, 0.3) is 0 Å². The maximum Gasteiger partial charge on any atom is 0.192 e. The van der Waals surface area contributed by atoms with Gasteiger partial charge in [-0.15, -0.1) is 0 Å². The van der Waals surface area contributed by atoms with Gasteiger partial charge in [0.2, 0.25) is 0 Å². The van der Waals surface area contributed by atoms with Crippen molar-refractivity contribution in [3.05, 3.63) is 24.1 Å². The van der Waals surface area contributed by atoms with Crippen LogP contribution in [0.2, 0.25) is 0 Å². The van der Waals surface area contributed by atoms with Crippen LogP contribution in [0.3, 0.4) is 0 Å². The first kappa shape index (κ1) is 10.0. The van der Waals surface area contributed by atoms with E-state index >= 15 is 0 Å². The zero-order valence-electron chi connectivity index (χ0n) is 9.37. The normalized spacial score (nSPS) is 11.2. The SMILES string of the molecule is Cc1nc2cc(NCC(C)C)ccc2o1. The molecule has 0 saturated carbocycles. The molecule has 0 aliphatic rings. The molecule has 2 aromatic rings. The number of oxazole rings is 1. The Bertz CT molecular complexity index is 460. The Morgan fingerprint density at radius 2 is 2.20 bits per heavy atom. The predicted molar refractivity (Wildman–Crippen MR) is 62.1 cm³/mol. The van der Waals surface area contributed by atoms with Gasteiger partial charge in [0.15, 0.2) is 11.5 Å². The van der Waals surface area contributed by atoms with Crippen molar-refractivity contribution in [2.45, 2.75) is 20.8 Å². The van der Waals surface area contributed by atoms with Gasteiger partial charge in [-0.05, 0) is 24.1 Å². The lowest BCUT2D eigenvalue weighted by atomic mass is 10.2. The maximum atomic E-state index is 5.41. The first-order chi connectivity index (χ1) is 7.15. The van der Waals surface area contributed by atoms with Crippen LogP contribution in [0.5, 0.6) is 0 Å². The summed E-state index contributed by atoms with van der Waals surface area (Å²) >= 11 is 0. The van der Waals surface area contributed by atoms with Gasteiger partial charge in [-0.1, -0.05) is 13.8 Å². The molecule has 0 spiro atoms. The standard InChI is InChI=1S/C12H16N2O/c1-8(2)7-13-10-4-5-12-11(6-10)14-9(3)15-12/h4-6,8,13H,7H2,1-3H3. The number of benzene rings is 1. The quantitative estimate of drug-likeness (QED) is 0.834. The van der Waals surface area contributed by atoms with Crippen molar-refractivity contribution in [2.24, 2.45) is 5.92 Å². The van der Waals surface area contributed by atoms with E-state index in [1.807, 2.05) is 25.1 Å². The second-order valence-corrected chi connectivity index (χ2v) is 4.19. The zero-order chi connectivity index (χ0) is 10.8. The van der Waals surface area contributed by atoms with Crippen LogP contribution in [-0.2, 0) is 0 Å². The minimum atomic E-state index is 0.639. The summed E-state index contributed by atoms with van der Waals surface area (Å²) in [6.07, 6.45) is 0. The largest absolute Gasteiger partial charge is 0.441 e. The van der Waals surface area contributed by atoms with Gasteiger partial charge in [0.1, 0.15) is 5.52 Å². The molecule has 2 rings (SSSR count). The van der Waals surface area contributed by atoms with E-state index in [1.54, 1.807) is 0 Å². The fourth-order valence-corrected chi connectivity index (χ4v) is 1.47. The van der Waals surface area contributed by atoms with E-state index in [9.17, 15) is 0 Å². The van der Waals surface area contributed by atoms with E-state index in [-0.39, 0.29) is 0 Å². The molecule has 0 unspecified atom stereocenters. The molecule has 0 amide bonds. The summed E-state index contributed by atoms with van der Waals surface area (Å²) in [6.45, 7) is 7.21. The number of hydrogen-bond donors (Lipinski definition) is 1. The average molecular weight is 204 g/mol. The lowest BCUT2D eigenvalue weighted by Crippen LogP contribution is -2.07. The maximum absolute atomic E-state index is 5.41. The Hall–Kier alpha value is -1.51. The molecule has 0 aliphatic heterocycles. The van der Waals surface area contributed by atoms with Crippen molar-refractivity contribution in [1.29, 1.82) is 0 Å². The van der Waals surface area contributed by atoms with Crippen LogP contribution in [-0.4, -0.2) is 11.5 Å². The van der Waals surface area contributed by atoms with Crippen LogP contribution < -0.4 is 5.32 Å². The molecule has 0 aliphatic carbocycles. The minimum absolute atomic E-state index is 0.639. The third-order valence-corrected chi connectivity index (χ3v) is 2.21. The van der Waals surface area contributed by atoms with Crippen LogP contribution in [0.1, 0.15) is 19.7 Å². The molecule has 15 heavy (non-hydrogen) atoms. The minimum Gasteiger partial charge on any atom is -0.441 e. The summed E-state index contributed by atoms with van der Waals surface area (Å²) < 4.78 is 5.41. The van der Waals surface area contributed by atoms with Gasteiger partial charge in [-0.25, -0.2) is 4.98 Å². The van der Waals surface area contributed by atoms with Gasteiger partial charge < -0.3 is 9.73 Å². The fourth-order valence-electron chi connectivity index (χ4n) is 1.47. The number of aryl methyl sites for hydroxylation is 1. The number of anilines is 1. The van der Waals surface area contributed by atoms with E-state index in [1.165, 1.54) is 0 Å². The summed E-state index contributed by atoms with van der Waals surface area (Å²) in [5.74, 6) is 1.35. The summed E-state index contributed by atoms with van der Waals surface area (Å²) in [7, 11) is 0. The number of hydrogen-bond acceptors (Lipinski definition) is 3. The Kier molecular flexibility index (Phi) is 2.62. The lowest BCUT2D eigenvalue weighted by molar-refractivity contribution is 0.561. The number of nitrogens with one attached hydrogen (secondary N) is 1. The molecular formula is C12H16N2O. The molecule has 1 heterocycles. The van der Waals surface area contributed by atoms with Crippen LogP contribution >= 0.6 is 0 Å². The Morgan fingerprint density at radius 1 is 1.40 bits per heavy atom. The molecule has 3 nitrogen and oxygen atoms in total. The number of rotatable bonds is 3. The number of fused-ring (bicyclic) bond motifs is 1. The highest BCUT2D eigenvalue weighted by molar-refractivity contribution is 5.77. The van der Waals surface area contributed by atoms with Crippen molar-refractivity contribution < 1.29 is 4.42 Å². The van der Waals surface area contributed by atoms with E-state index in [4.69, 9.17) is 4.42 Å². The highest BCUT2D eigenvalue weighted by Gasteiger charge is 2.02. The van der Waals surface area contributed by atoms with Gasteiger partial charge in [-0.3, -0.25) is 0 Å². The van der Waals surface area contributed by atoms with Crippen LogP contribution in [0.25, 0.3) is 11.1 Å². The van der Waals surface area contributed by atoms with Gasteiger partial charge in [-0.2, -0.15) is 0 Å². The Morgan fingerprint density at radius 3 is 2.93 bits per heavy atom. The third kappa shape index (κ3) is 2.29. The van der Waals surface area contributed by atoms with Crippen LogP contribution in [0.15, 0.2) is 22.6 Å². The molecule has 1 N–H and O–H groups in total. The first-order valence-electron chi connectivity index (χ1n) is 5.26. The van der Waals surface area contributed by atoms with E-state index in [2.05, 4.69) is 24.1 Å². The van der Waals surface area contributed by atoms with Crippen molar-refractivity contribution >= 4 is 16.8 Å². The molecule has 3 heteroatoms. The van der Waals surface area contributed by atoms with E-state index in [0.29, 0.717) is 11.8 Å². The summed E-state index contributed by atoms with van der Waals surface area (Å²) in [5.41, 5.74) is 2.87. The van der Waals surface area contributed by atoms with Crippen molar-refractivity contribution in [2.75, 3.05) is 11.9 Å². The van der Waals surface area contributed by atoms with Crippen LogP contribution in [0, 0.1) is 12.8 Å². The first-order valence-corrected chi connectivity index (χ1v) is 5.26. The highest BCUT2D eigenvalue weighted by Crippen LogP contribution is 2.19. The van der Waals surface area contributed by atoms with Crippen LogP contribution in [0.4, 0.5) is 5.69 Å². The second-order valence-electron chi connectivity index (χ2n) is 4.19. The summed E-state index contributed by atoms with van der Waals surface area (Å²) in [6, 6.07) is 6.00. The van der Waals surface area contributed by atoms with Crippen molar-refractivity contribution in [3.8, 4) is 0 Å². The molecule has 1 aromatic heterocycles. The third-order valence-electron chi connectivity index (χ3n) is 2.21. The zero-order valence-corrected chi connectivity index (χ0v) is 9.37. The Balaban J connectivity index is 2.22. The van der Waals surface area contributed by atoms with Gasteiger partial charge in [0.05, 0.1) is 0 Å². The predicted octanol–water partition coefficient (Wildman–Crippen LogP) is 3.20. The van der Waals surface area contributed by atoms with Crippen molar-refractivity contribution in [3.63, 3.8) is 0 Å². The number of aromatic nitrogens is 1. The van der Waals surface area contributed by atoms with Gasteiger partial charge in [0, 0.05) is 19.2 Å². The van der Waals surface area contributed by atoms with E-state index in [0.717, 1.165) is 23.3 Å². The Labute approximate surface area is 89.5 Å². The molecule has 0 atom stereocenters. The summed E-state index contributed by atoms with van der Waals surface area (Å²) in [5, 5.41) is 3.36. The highest BCUT2D eigenvalue weighted by atomic mass is 16.3. The molecule has 0 bridgehead atoms. The molecule has 0 fully saturated rings. The summed E-state index contributed by atoms with van der Waals surface area (Å²) in [4.78, 5) is 4.29. The fraction of sp³-hybridized carbons (Fsp3) is 0.417. The molecule has 0 radical (unpaired) electrons. The second kappa shape index (κ2) is 3.93. The van der Waals surface area contributed by atoms with Gasteiger partial charge >= 0.3 is 0 Å². The molecule has 80 valence electrons. The topological polar surface area (TPSA) is 38.1 Å². The number of nitrogens with zero attached hydrogens (tertiary/aromatic N) is 1.